The Kier molecular flexibility index (Phi) is 18.8. The van der Waals surface area contributed by atoms with Crippen LogP contribution in [0.3, 0.4) is 0 Å². The van der Waals surface area contributed by atoms with E-state index in [1.807, 2.05) is 0 Å². The van der Waals surface area contributed by atoms with Gasteiger partial charge in [0.2, 0.25) is 0 Å². The van der Waals surface area contributed by atoms with Crippen LogP contribution in [0.5, 0.6) is 0 Å². The Morgan fingerprint density at radius 2 is 0.554 bits per heavy atom. The van der Waals surface area contributed by atoms with Crippen LogP contribution in [0.2, 0.25) is 0 Å². The Labute approximate surface area is 413 Å². The van der Waals surface area contributed by atoms with Crippen LogP contribution in [0.15, 0.2) is 255 Å². The van der Waals surface area contributed by atoms with Gasteiger partial charge in [-0.3, -0.25) is 0 Å². The van der Waals surface area contributed by atoms with E-state index in [4.69, 9.17) is 5.73 Å². The molecule has 10 aromatic carbocycles. The van der Waals surface area contributed by atoms with Gasteiger partial charge >= 0.3 is 19.5 Å². The van der Waals surface area contributed by atoms with Crippen LogP contribution in [0.25, 0.3) is 32.7 Å². The van der Waals surface area contributed by atoms with Crippen molar-refractivity contribution in [1.82, 2.24) is 0 Å². The first-order chi connectivity index (χ1) is 30.8. The largest absolute Gasteiger partial charge is 2.00 e. The number of hydrogen-bond acceptors (Lipinski definition) is 1. The van der Waals surface area contributed by atoms with Crippen LogP contribution in [-0.2, 0) is 19.5 Å². The number of halogens is 2. The van der Waals surface area contributed by atoms with E-state index >= 15 is 0 Å². The molecular formula is C58H48Cl2NP3Ru. The van der Waals surface area contributed by atoms with Crippen molar-refractivity contribution in [2.45, 2.75) is 0 Å². The summed E-state index contributed by atoms with van der Waals surface area (Å²) in [6.45, 7) is 0.746. The molecule has 0 saturated heterocycles. The summed E-state index contributed by atoms with van der Waals surface area (Å²) >= 11 is 0. The molecule has 0 radical (unpaired) electrons. The summed E-state index contributed by atoms with van der Waals surface area (Å²) in [4.78, 5) is 0. The summed E-state index contributed by atoms with van der Waals surface area (Å²) in [6.07, 6.45) is 1.06. The molecule has 0 aliphatic carbocycles. The van der Waals surface area contributed by atoms with E-state index in [0.717, 1.165) is 12.7 Å². The molecule has 10 rings (SSSR count). The second-order valence-corrected chi connectivity index (χ2v) is 21.7. The minimum atomic E-state index is -0.852. The smallest absolute Gasteiger partial charge is 1.00 e. The second kappa shape index (κ2) is 24.6. The molecular weight excluding hydrogens is 976 g/mol. The number of hydrogen-bond donors (Lipinski definition) is 1. The summed E-state index contributed by atoms with van der Waals surface area (Å²) in [5.41, 5.74) is 8.42. The average Bonchev–Trinajstić information content (AvgIpc) is 3.35. The summed E-state index contributed by atoms with van der Waals surface area (Å²) in [5.74, 6) is 0. The maximum atomic E-state index is 5.72. The van der Waals surface area contributed by atoms with Gasteiger partial charge in [0.25, 0.3) is 0 Å². The van der Waals surface area contributed by atoms with Crippen LogP contribution in [0, 0.1) is 0 Å². The Hall–Kier alpha value is -4.83. The van der Waals surface area contributed by atoms with Gasteiger partial charge in [0.05, 0.1) is 0 Å². The van der Waals surface area contributed by atoms with E-state index < -0.39 is 15.8 Å². The molecule has 0 heterocycles. The van der Waals surface area contributed by atoms with Crippen molar-refractivity contribution >= 4 is 87.7 Å². The SMILES string of the molecule is NCCP(c1ccccc1)c1ccccc1.[Cl-].[Cl-].[Ru+2].c1ccc(P(c2ccccc2)c2ccc3ccccc3c2-c2c(P(c3ccccc3)c3ccccc3)ccc3ccccc23)cc1. The normalized spacial score (nSPS) is 10.7. The zero-order valence-corrected chi connectivity index (χ0v) is 41.6. The van der Waals surface area contributed by atoms with Crippen LogP contribution in [-0.4, -0.2) is 12.7 Å². The minimum absolute atomic E-state index is 0. The predicted molar refractivity (Wildman–Crippen MR) is 277 cm³/mol. The summed E-state index contributed by atoms with van der Waals surface area (Å²) in [6, 6.07) is 93.2. The van der Waals surface area contributed by atoms with Crippen molar-refractivity contribution in [1.29, 1.82) is 0 Å². The topological polar surface area (TPSA) is 26.0 Å². The van der Waals surface area contributed by atoms with Crippen molar-refractivity contribution in [3.63, 3.8) is 0 Å². The van der Waals surface area contributed by atoms with E-state index in [1.54, 1.807) is 0 Å². The Bertz CT molecular complexity index is 2700. The first kappa shape index (κ1) is 49.6. The van der Waals surface area contributed by atoms with Gasteiger partial charge in [0, 0.05) is 0 Å². The third kappa shape index (κ3) is 11.4. The third-order valence-corrected chi connectivity index (χ3v) is 18.6. The molecule has 0 bridgehead atoms. The first-order valence-electron chi connectivity index (χ1n) is 21.2. The number of nitrogens with two attached hydrogens (primary N) is 1. The third-order valence-electron chi connectivity index (χ3n) is 11.1. The average molecular weight is 1020 g/mol. The van der Waals surface area contributed by atoms with Gasteiger partial charge in [-0.25, -0.2) is 0 Å². The fraction of sp³-hybridized carbons (Fsp3) is 0.0345. The molecule has 0 fully saturated rings. The molecule has 7 heteroatoms. The summed E-state index contributed by atoms with van der Waals surface area (Å²) < 4.78 is 0. The van der Waals surface area contributed by atoms with Crippen molar-refractivity contribution in [3.8, 4) is 11.1 Å². The number of benzene rings is 10. The molecule has 0 unspecified atom stereocenters. The molecule has 322 valence electrons. The first-order valence-corrected chi connectivity index (χ1v) is 25.4. The molecule has 0 spiro atoms. The molecule has 10 aromatic rings. The van der Waals surface area contributed by atoms with Gasteiger partial charge < -0.3 is 30.5 Å². The molecule has 0 amide bonds. The molecule has 0 atom stereocenters. The van der Waals surface area contributed by atoms with E-state index in [9.17, 15) is 0 Å². The monoisotopic (exact) mass is 1020 g/mol. The van der Waals surface area contributed by atoms with Crippen LogP contribution >= 0.6 is 23.8 Å². The van der Waals surface area contributed by atoms with Gasteiger partial charge in [-0.1, -0.05) is 255 Å². The summed E-state index contributed by atoms with van der Waals surface area (Å²) in [5, 5.41) is 16.2. The molecule has 2 N–H and O–H groups in total. The maximum absolute atomic E-state index is 5.72. The van der Waals surface area contributed by atoms with Gasteiger partial charge in [-0.05, 0) is 112 Å². The minimum Gasteiger partial charge on any atom is -1.00 e. The number of rotatable bonds is 11. The van der Waals surface area contributed by atoms with Crippen molar-refractivity contribution in [2.24, 2.45) is 5.73 Å². The fourth-order valence-electron chi connectivity index (χ4n) is 8.33. The maximum Gasteiger partial charge on any atom is 2.00 e. The Morgan fingerprint density at radius 3 is 0.846 bits per heavy atom. The van der Waals surface area contributed by atoms with Crippen molar-refractivity contribution in [2.75, 3.05) is 12.7 Å². The van der Waals surface area contributed by atoms with Crippen molar-refractivity contribution in [3.05, 3.63) is 255 Å². The molecule has 65 heavy (non-hydrogen) atoms. The van der Waals surface area contributed by atoms with E-state index in [0.29, 0.717) is 0 Å². The van der Waals surface area contributed by atoms with Crippen LogP contribution < -0.4 is 73.0 Å². The van der Waals surface area contributed by atoms with E-state index in [1.165, 1.54) is 75.1 Å². The molecule has 0 aromatic heterocycles. The van der Waals surface area contributed by atoms with E-state index in [2.05, 4.69) is 255 Å². The van der Waals surface area contributed by atoms with Gasteiger partial charge in [0.15, 0.2) is 0 Å². The Morgan fingerprint density at radius 1 is 0.292 bits per heavy atom. The Balaban J connectivity index is 0.000000314. The quantitative estimate of drug-likeness (QED) is 0.139. The van der Waals surface area contributed by atoms with Crippen LogP contribution in [0.1, 0.15) is 0 Å². The molecule has 1 nitrogen and oxygen atoms in total. The van der Waals surface area contributed by atoms with Crippen LogP contribution in [0.4, 0.5) is 0 Å². The predicted octanol–water partition coefficient (Wildman–Crippen LogP) is 5.26. The zero-order valence-electron chi connectivity index (χ0n) is 35.7. The second-order valence-electron chi connectivity index (χ2n) is 15.0. The van der Waals surface area contributed by atoms with Crippen molar-refractivity contribution < 1.29 is 44.3 Å². The van der Waals surface area contributed by atoms with E-state index in [-0.39, 0.29) is 52.2 Å². The van der Waals surface area contributed by atoms with Gasteiger partial charge in [-0.15, -0.1) is 0 Å². The van der Waals surface area contributed by atoms with Gasteiger partial charge in [0.1, 0.15) is 0 Å². The number of fused-ring (bicyclic) bond motifs is 2. The molecule has 0 aliphatic heterocycles. The standard InChI is InChI=1S/C44H32P2.C14H16NP.2ClH.Ru/c1-5-19-35(20-6-1)45(36-21-7-2-8-22-36)41-31-29-33-17-13-15-27-39(33)43(41)44-40-28-16-14-18-34(40)30-32-42(44)46(37-23-9-3-10-24-37)38-25-11-4-12-26-38;15-11-12-16(13-7-3-1-4-8-13)14-9-5-2-6-10-14;;;/h1-32H;1-10H,11-12,15H2;2*1H;/q;;;;+2/p-2. The zero-order chi connectivity index (χ0) is 41.9. The fourth-order valence-corrected chi connectivity index (χ4v) is 15.4. The molecule has 0 saturated carbocycles. The summed E-state index contributed by atoms with van der Waals surface area (Å²) in [7, 11) is -1.98. The molecule has 0 aliphatic rings. The van der Waals surface area contributed by atoms with Gasteiger partial charge in [-0.2, -0.15) is 0 Å².